The van der Waals surface area contributed by atoms with Crippen LogP contribution >= 0.6 is 8.19 Å². The molecule has 2 heteroatoms. The largest absolute Gasteiger partial charge is 0.286 e. The summed E-state index contributed by atoms with van der Waals surface area (Å²) in [5.41, 5.74) is 0. The Morgan fingerprint density at radius 3 is 2.57 bits per heavy atom. The summed E-state index contributed by atoms with van der Waals surface area (Å²) >= 11 is 0. The highest BCUT2D eigenvalue weighted by atomic mass is 31.0. The Labute approximate surface area is 43.1 Å². The highest BCUT2D eigenvalue weighted by molar-refractivity contribution is 7.27. The Morgan fingerprint density at radius 1 is 1.43 bits per heavy atom. The van der Waals surface area contributed by atoms with Crippen LogP contribution in [0.15, 0.2) is 28.8 Å². The topological polar surface area (TPSA) is 17.1 Å². The predicted molar refractivity (Wildman–Crippen MR) is 32.2 cm³/mol. The molecule has 0 radical (unpaired) electrons. The molecule has 1 rings (SSSR count). The minimum atomic E-state index is 0.225. The van der Waals surface area contributed by atoms with Gasteiger partial charge in [0.25, 0.3) is 0 Å². The summed E-state index contributed by atoms with van der Waals surface area (Å²) in [6, 6.07) is 5.25. The Hall–Kier alpha value is -0.550. The van der Waals surface area contributed by atoms with Crippen molar-refractivity contribution in [2.24, 2.45) is 0 Å². The van der Waals surface area contributed by atoms with E-state index < -0.39 is 0 Å². The van der Waals surface area contributed by atoms with Crippen LogP contribution in [0.2, 0.25) is 0 Å². The average molecular weight is 112 g/mol. The molecule has 7 heavy (non-hydrogen) atoms. The molecule has 1 nitrogen and oxygen atoms in total. The number of rotatable bonds is 0. The maximum Gasteiger partial charge on any atom is 0.193 e. The van der Waals surface area contributed by atoms with E-state index in [0.717, 1.165) is 0 Å². The lowest BCUT2D eigenvalue weighted by Crippen LogP contribution is -1.82. The number of hydrogen-bond donors (Lipinski definition) is 0. The highest BCUT2D eigenvalue weighted by Crippen LogP contribution is 1.89. The van der Waals surface area contributed by atoms with Crippen LogP contribution in [0, 0.1) is 0 Å². The van der Waals surface area contributed by atoms with Crippen molar-refractivity contribution < 1.29 is 0 Å². The van der Waals surface area contributed by atoms with Gasteiger partial charge in [0.1, 0.15) is 0 Å². The summed E-state index contributed by atoms with van der Waals surface area (Å²) in [6.45, 7) is 0. The smallest absolute Gasteiger partial charge is 0.193 e. The van der Waals surface area contributed by atoms with E-state index in [0.29, 0.717) is 8.19 Å². The molecule has 1 aromatic rings. The summed E-state index contributed by atoms with van der Waals surface area (Å²) in [7, 11) is 0.369. The van der Waals surface area contributed by atoms with Gasteiger partial charge in [0.15, 0.2) is 5.16 Å². The van der Waals surface area contributed by atoms with Crippen LogP contribution in [-0.4, -0.2) is 0 Å². The van der Waals surface area contributed by atoms with Gasteiger partial charge in [-0.2, -0.15) is 0 Å². The lowest BCUT2D eigenvalue weighted by atomic mass is 10.6. The second-order valence-corrected chi connectivity index (χ2v) is 2.34. The highest BCUT2D eigenvalue weighted by Gasteiger charge is 1.70. The van der Waals surface area contributed by atoms with E-state index in [2.05, 4.69) is 0 Å². The molecule has 0 aromatic carbocycles. The molecule has 0 aliphatic rings. The molecule has 1 aromatic heterocycles. The van der Waals surface area contributed by atoms with E-state index in [1.54, 1.807) is 12.1 Å². The lowest BCUT2D eigenvalue weighted by Gasteiger charge is -1.70. The molecule has 0 bridgehead atoms. The van der Waals surface area contributed by atoms with Crippen LogP contribution in [0.4, 0.5) is 0 Å². The molecule has 1 atom stereocenters. The van der Waals surface area contributed by atoms with Crippen LogP contribution in [-0.2, 0) is 0 Å². The first-order valence-electron chi connectivity index (χ1n) is 2.03. The molecule has 0 aliphatic heterocycles. The van der Waals surface area contributed by atoms with Crippen molar-refractivity contribution in [2.45, 2.75) is 0 Å². The first kappa shape index (κ1) is 4.61. The fourth-order valence-corrected chi connectivity index (χ4v) is 0.941. The zero-order valence-electron chi connectivity index (χ0n) is 3.72. The van der Waals surface area contributed by atoms with Crippen LogP contribution in [0.5, 0.6) is 0 Å². The van der Waals surface area contributed by atoms with Gasteiger partial charge < -0.3 is 0 Å². The summed E-state index contributed by atoms with van der Waals surface area (Å²) in [4.78, 5) is 10.3. The van der Waals surface area contributed by atoms with Crippen molar-refractivity contribution in [3.8, 4) is 0 Å². The van der Waals surface area contributed by atoms with E-state index in [-0.39, 0.29) is 5.16 Å². The fraction of sp³-hybridized carbons (Fsp3) is 0. The van der Waals surface area contributed by atoms with Gasteiger partial charge in [-0.1, -0.05) is 20.3 Å². The SMILES string of the molecule is O=c1cccc[pH]1. The van der Waals surface area contributed by atoms with Gasteiger partial charge in [0.2, 0.25) is 0 Å². The zero-order chi connectivity index (χ0) is 5.11. The molecule has 0 fully saturated rings. The summed E-state index contributed by atoms with van der Waals surface area (Å²) in [6.07, 6.45) is 0. The molecule has 0 amide bonds. The van der Waals surface area contributed by atoms with Gasteiger partial charge in [-0.25, -0.2) is 0 Å². The minimum Gasteiger partial charge on any atom is -0.286 e. The van der Waals surface area contributed by atoms with Gasteiger partial charge in [0.05, 0.1) is 0 Å². The Balaban J connectivity index is 3.28. The molecule has 36 valence electrons. The van der Waals surface area contributed by atoms with E-state index in [4.69, 9.17) is 0 Å². The van der Waals surface area contributed by atoms with Crippen molar-refractivity contribution in [3.63, 3.8) is 0 Å². The van der Waals surface area contributed by atoms with E-state index >= 15 is 0 Å². The predicted octanol–water partition coefficient (Wildman–Crippen LogP) is 1.08. The third-order valence-electron chi connectivity index (χ3n) is 0.681. The molecular weight excluding hydrogens is 107 g/mol. The molecule has 1 heterocycles. The van der Waals surface area contributed by atoms with Crippen LogP contribution in [0.1, 0.15) is 0 Å². The van der Waals surface area contributed by atoms with E-state index in [9.17, 15) is 4.79 Å². The molecule has 0 N–H and O–H groups in total. The van der Waals surface area contributed by atoms with Crippen molar-refractivity contribution >= 4 is 8.19 Å². The number of hydrogen-bond acceptors (Lipinski definition) is 1. The second kappa shape index (κ2) is 1.94. The summed E-state index contributed by atoms with van der Waals surface area (Å²) in [5.74, 6) is 1.88. The maximum absolute atomic E-state index is 10.3. The third kappa shape index (κ3) is 1.17. The zero-order valence-corrected chi connectivity index (χ0v) is 4.72. The van der Waals surface area contributed by atoms with E-state index in [1.165, 1.54) is 0 Å². The minimum absolute atomic E-state index is 0.225. The quantitative estimate of drug-likeness (QED) is 0.490. The fourth-order valence-electron chi connectivity index (χ4n) is 0.377. The van der Waals surface area contributed by atoms with Gasteiger partial charge in [0, 0.05) is 0 Å². The molecule has 1 unspecified atom stereocenters. The van der Waals surface area contributed by atoms with Crippen LogP contribution in [0.3, 0.4) is 0 Å². The summed E-state index contributed by atoms with van der Waals surface area (Å²) < 4.78 is 0. The monoisotopic (exact) mass is 112 g/mol. The van der Waals surface area contributed by atoms with Crippen molar-refractivity contribution in [1.29, 1.82) is 0 Å². The van der Waals surface area contributed by atoms with Crippen LogP contribution < -0.4 is 5.16 Å². The van der Waals surface area contributed by atoms with Gasteiger partial charge >= 0.3 is 0 Å². The van der Waals surface area contributed by atoms with Gasteiger partial charge in [-0.15, -0.1) is 0 Å². The van der Waals surface area contributed by atoms with Gasteiger partial charge in [-0.3, -0.25) is 4.79 Å². The first-order chi connectivity index (χ1) is 3.39. The van der Waals surface area contributed by atoms with Crippen molar-refractivity contribution in [3.05, 3.63) is 34.0 Å². The average Bonchev–Trinajstić information content (AvgIpc) is 1.69. The van der Waals surface area contributed by atoms with Crippen LogP contribution in [0.25, 0.3) is 0 Å². The lowest BCUT2D eigenvalue weighted by molar-refractivity contribution is 1.78. The second-order valence-electron chi connectivity index (χ2n) is 1.23. The normalized spacial score (nSPS) is 9.71. The van der Waals surface area contributed by atoms with E-state index in [1.807, 2.05) is 11.9 Å². The third-order valence-corrected chi connectivity index (χ3v) is 1.49. The Morgan fingerprint density at radius 2 is 2.29 bits per heavy atom. The standard InChI is InChI=1S/C5H5OP/c6-5-3-1-2-4-7-5/h1-4,7H. The first-order valence-corrected chi connectivity index (χ1v) is 3.11. The molecule has 0 spiro atoms. The summed E-state index contributed by atoms with van der Waals surface area (Å²) in [5, 5.41) is 0.225. The molecule has 0 aliphatic carbocycles. The van der Waals surface area contributed by atoms with Gasteiger partial charge in [-0.05, 0) is 11.9 Å². The maximum atomic E-state index is 10.3. The Bertz CT molecular complexity index is 174. The van der Waals surface area contributed by atoms with Crippen molar-refractivity contribution in [1.82, 2.24) is 0 Å². The molecule has 0 saturated carbocycles. The Kier molecular flexibility index (Phi) is 1.28. The molecule has 0 saturated heterocycles. The molecular formula is C5H5OP. The van der Waals surface area contributed by atoms with Crippen molar-refractivity contribution in [2.75, 3.05) is 0 Å².